The summed E-state index contributed by atoms with van der Waals surface area (Å²) in [6.07, 6.45) is 1.93. The first-order chi connectivity index (χ1) is 13.5. The smallest absolute Gasteiger partial charge is 0.235 e. The Balaban J connectivity index is 1.73. The van der Waals surface area contributed by atoms with Gasteiger partial charge in [-0.15, -0.1) is 0 Å². The van der Waals surface area contributed by atoms with Gasteiger partial charge in [-0.1, -0.05) is 20.8 Å². The molecule has 0 saturated carbocycles. The maximum absolute atomic E-state index is 12.8. The van der Waals surface area contributed by atoms with Crippen molar-refractivity contribution in [3.63, 3.8) is 0 Å². The molecule has 1 unspecified atom stereocenters. The Morgan fingerprint density at radius 1 is 1.17 bits per heavy atom. The number of sulfonamides is 1. The third kappa shape index (κ3) is 4.66. The average Bonchev–Trinajstić information content (AvgIpc) is 3.01. The van der Waals surface area contributed by atoms with Gasteiger partial charge in [-0.2, -0.15) is 0 Å². The number of hydrogen-bond acceptors (Lipinski definition) is 5. The molecule has 2 N–H and O–H groups in total. The third-order valence-corrected chi connectivity index (χ3v) is 7.22. The quantitative estimate of drug-likeness (QED) is 0.725. The van der Waals surface area contributed by atoms with Crippen molar-refractivity contribution in [2.45, 2.75) is 40.0 Å². The van der Waals surface area contributed by atoms with Gasteiger partial charge in [0.05, 0.1) is 23.0 Å². The number of amides is 2. The highest BCUT2D eigenvalue weighted by Crippen LogP contribution is 2.33. The van der Waals surface area contributed by atoms with Crippen molar-refractivity contribution >= 4 is 33.2 Å². The van der Waals surface area contributed by atoms with E-state index < -0.39 is 15.4 Å². The third-order valence-electron chi connectivity index (χ3n) is 5.35. The van der Waals surface area contributed by atoms with E-state index in [0.29, 0.717) is 38.2 Å². The van der Waals surface area contributed by atoms with Crippen molar-refractivity contribution in [1.29, 1.82) is 0 Å². The van der Waals surface area contributed by atoms with Gasteiger partial charge in [0.1, 0.15) is 5.75 Å². The Kier molecular flexibility index (Phi) is 5.80. The van der Waals surface area contributed by atoms with Crippen molar-refractivity contribution in [3.8, 4) is 5.75 Å². The highest BCUT2D eigenvalue weighted by Gasteiger charge is 2.34. The first-order valence-electron chi connectivity index (χ1n) is 9.93. The minimum Gasteiger partial charge on any atom is -0.506 e. The summed E-state index contributed by atoms with van der Waals surface area (Å²) in [5.41, 5.74) is 0.0873. The van der Waals surface area contributed by atoms with Gasteiger partial charge in [-0.25, -0.2) is 8.42 Å². The Bertz CT molecular complexity index is 907. The molecule has 8 nitrogen and oxygen atoms in total. The van der Waals surface area contributed by atoms with E-state index in [1.165, 1.54) is 22.5 Å². The number of rotatable bonds is 3. The van der Waals surface area contributed by atoms with Gasteiger partial charge in [-0.3, -0.25) is 13.9 Å². The average molecular weight is 424 g/mol. The molecule has 2 aliphatic rings. The zero-order valence-corrected chi connectivity index (χ0v) is 18.0. The van der Waals surface area contributed by atoms with Crippen molar-refractivity contribution in [2.24, 2.45) is 11.3 Å². The van der Waals surface area contributed by atoms with E-state index >= 15 is 0 Å². The molecule has 0 spiro atoms. The molecule has 2 fully saturated rings. The predicted molar refractivity (Wildman–Crippen MR) is 111 cm³/mol. The number of aromatic hydroxyl groups is 1. The molecule has 2 heterocycles. The number of carbonyl (C=O) groups is 2. The monoisotopic (exact) mass is 423 g/mol. The van der Waals surface area contributed by atoms with Crippen LogP contribution >= 0.6 is 0 Å². The van der Waals surface area contributed by atoms with Crippen molar-refractivity contribution < 1.29 is 23.1 Å². The topological polar surface area (TPSA) is 107 Å². The fourth-order valence-electron chi connectivity index (χ4n) is 3.79. The van der Waals surface area contributed by atoms with Gasteiger partial charge in [0, 0.05) is 25.0 Å². The Morgan fingerprint density at radius 2 is 1.90 bits per heavy atom. The number of likely N-dealkylation sites (tertiary alicyclic amines) is 1. The summed E-state index contributed by atoms with van der Waals surface area (Å²) in [6.45, 7) is 6.92. The molecule has 1 aromatic rings. The lowest BCUT2D eigenvalue weighted by Gasteiger charge is -2.35. The molecule has 0 bridgehead atoms. The number of carbonyl (C=O) groups excluding carboxylic acids is 2. The molecule has 1 atom stereocenters. The van der Waals surface area contributed by atoms with Gasteiger partial charge in [0.2, 0.25) is 21.8 Å². The molecule has 2 amide bonds. The van der Waals surface area contributed by atoms with Crippen molar-refractivity contribution in [1.82, 2.24) is 4.90 Å². The number of nitrogens with one attached hydrogen (secondary N) is 1. The number of benzene rings is 1. The van der Waals surface area contributed by atoms with Crippen LogP contribution in [0.2, 0.25) is 0 Å². The number of phenols is 1. The maximum Gasteiger partial charge on any atom is 0.235 e. The van der Waals surface area contributed by atoms with E-state index in [-0.39, 0.29) is 34.9 Å². The van der Waals surface area contributed by atoms with Gasteiger partial charge in [0.15, 0.2) is 0 Å². The lowest BCUT2D eigenvalue weighted by Crippen LogP contribution is -2.47. The summed E-state index contributed by atoms with van der Waals surface area (Å²) in [7, 11) is -3.35. The first-order valence-corrected chi connectivity index (χ1v) is 11.5. The van der Waals surface area contributed by atoms with Crippen molar-refractivity contribution in [2.75, 3.05) is 35.0 Å². The predicted octanol–water partition coefficient (Wildman–Crippen LogP) is 2.16. The molecule has 9 heteroatoms. The van der Waals surface area contributed by atoms with Crippen molar-refractivity contribution in [3.05, 3.63) is 18.2 Å². The Labute approximate surface area is 171 Å². The summed E-state index contributed by atoms with van der Waals surface area (Å²) < 4.78 is 25.6. The van der Waals surface area contributed by atoms with Gasteiger partial charge >= 0.3 is 0 Å². The molecule has 0 radical (unpaired) electrons. The van der Waals surface area contributed by atoms with Crippen LogP contribution in [-0.4, -0.2) is 55.6 Å². The molecule has 0 aliphatic carbocycles. The molecular formula is C20H29N3O5S. The highest BCUT2D eigenvalue weighted by molar-refractivity contribution is 7.93. The van der Waals surface area contributed by atoms with Crippen LogP contribution < -0.4 is 9.62 Å². The van der Waals surface area contributed by atoms with E-state index in [9.17, 15) is 23.1 Å². The van der Waals surface area contributed by atoms with Crippen LogP contribution in [0.3, 0.4) is 0 Å². The SMILES string of the molecule is CC(C)(C)C(=O)N1CCCC(C(=O)Nc2cc(N3CCCS3(=O)=O)ccc2O)C1. The molecule has 160 valence electrons. The number of nitrogens with zero attached hydrogens (tertiary/aromatic N) is 2. The second-order valence-electron chi connectivity index (χ2n) is 8.77. The van der Waals surface area contributed by atoms with E-state index in [1.807, 2.05) is 20.8 Å². The number of phenolic OH excluding ortho intramolecular Hbond substituents is 1. The fraction of sp³-hybridized carbons (Fsp3) is 0.600. The largest absolute Gasteiger partial charge is 0.506 e. The summed E-state index contributed by atoms with van der Waals surface area (Å²) >= 11 is 0. The maximum atomic E-state index is 12.8. The summed E-state index contributed by atoms with van der Waals surface area (Å²) in [5.74, 6) is -0.687. The second kappa shape index (κ2) is 7.85. The van der Waals surface area contributed by atoms with E-state index in [0.717, 1.165) is 6.42 Å². The molecule has 2 aliphatic heterocycles. The molecule has 3 rings (SSSR count). The summed E-state index contributed by atoms with van der Waals surface area (Å²) in [6, 6.07) is 4.39. The molecule has 29 heavy (non-hydrogen) atoms. The Hall–Kier alpha value is -2.29. The lowest BCUT2D eigenvalue weighted by atomic mass is 9.91. The van der Waals surface area contributed by atoms with Gasteiger partial charge in [0.25, 0.3) is 0 Å². The standard InChI is InChI=1S/C20H29N3O5S/c1-20(2,3)19(26)22-9-4-6-14(13-22)18(25)21-16-12-15(7-8-17(16)24)23-10-5-11-29(23,27)28/h7-8,12,14,24H,4-6,9-11,13H2,1-3H3,(H,21,25). The van der Waals surface area contributed by atoms with Crippen LogP contribution in [0.4, 0.5) is 11.4 Å². The van der Waals surface area contributed by atoms with Crippen LogP contribution in [0, 0.1) is 11.3 Å². The normalized spacial score (nSPS) is 21.8. The van der Waals surface area contributed by atoms with Crippen LogP contribution in [0.5, 0.6) is 5.75 Å². The molecular weight excluding hydrogens is 394 g/mol. The van der Waals surface area contributed by atoms with E-state index in [2.05, 4.69) is 5.32 Å². The van der Waals surface area contributed by atoms with Crippen LogP contribution in [-0.2, 0) is 19.6 Å². The summed E-state index contributed by atoms with van der Waals surface area (Å²) in [4.78, 5) is 27.1. The zero-order valence-electron chi connectivity index (χ0n) is 17.1. The molecule has 0 aromatic heterocycles. The number of hydrogen-bond donors (Lipinski definition) is 2. The van der Waals surface area contributed by atoms with Crippen LogP contribution in [0.25, 0.3) is 0 Å². The lowest BCUT2D eigenvalue weighted by molar-refractivity contribution is -0.142. The van der Waals surface area contributed by atoms with Gasteiger partial charge < -0.3 is 15.3 Å². The first kappa shape index (κ1) is 21.4. The minimum atomic E-state index is -3.35. The van der Waals surface area contributed by atoms with Crippen LogP contribution in [0.1, 0.15) is 40.0 Å². The molecule has 1 aromatic carbocycles. The second-order valence-corrected chi connectivity index (χ2v) is 10.8. The summed E-state index contributed by atoms with van der Waals surface area (Å²) in [5, 5.41) is 12.9. The van der Waals surface area contributed by atoms with E-state index in [4.69, 9.17) is 0 Å². The number of anilines is 2. The van der Waals surface area contributed by atoms with Crippen LogP contribution in [0.15, 0.2) is 18.2 Å². The zero-order chi connectivity index (χ0) is 21.4. The minimum absolute atomic E-state index is 0.0130. The fourth-order valence-corrected chi connectivity index (χ4v) is 5.35. The number of piperidine rings is 1. The highest BCUT2D eigenvalue weighted by atomic mass is 32.2. The van der Waals surface area contributed by atoms with E-state index in [1.54, 1.807) is 4.90 Å². The molecule has 2 saturated heterocycles. The Morgan fingerprint density at radius 3 is 2.52 bits per heavy atom. The van der Waals surface area contributed by atoms with Gasteiger partial charge in [-0.05, 0) is 37.5 Å².